The van der Waals surface area contributed by atoms with Crippen LogP contribution in [0.25, 0.3) is 0 Å². The van der Waals surface area contributed by atoms with Crippen LogP contribution in [0.3, 0.4) is 0 Å². The molecule has 1 aromatic carbocycles. The molecule has 0 N–H and O–H groups in total. The van der Waals surface area contributed by atoms with E-state index >= 15 is 0 Å². The molecule has 1 rings (SSSR count). The Morgan fingerprint density at radius 2 is 1.69 bits per heavy atom. The number of hydrogen-bond acceptors (Lipinski definition) is 0. The first-order chi connectivity index (χ1) is 5.88. The minimum Gasteiger partial charge on any atom is -0.0833 e. The standard InChI is InChI=1S/C10H11Cl3/c1-7-3-4-9(5-8(7)2)6-10(11,12)13/h3-5H,6H2,1-2H3. The van der Waals surface area contributed by atoms with Gasteiger partial charge in [0.2, 0.25) is 0 Å². The predicted molar refractivity (Wildman–Crippen MR) is 59.9 cm³/mol. The summed E-state index contributed by atoms with van der Waals surface area (Å²) in [6, 6.07) is 6.09. The molecule has 0 aliphatic carbocycles. The Bertz CT molecular complexity index is 300. The Balaban J connectivity index is 2.86. The number of halogens is 3. The van der Waals surface area contributed by atoms with Gasteiger partial charge in [0.1, 0.15) is 0 Å². The summed E-state index contributed by atoms with van der Waals surface area (Å²) in [7, 11) is 0. The highest BCUT2D eigenvalue weighted by Gasteiger charge is 2.19. The quantitative estimate of drug-likeness (QED) is 0.642. The van der Waals surface area contributed by atoms with Crippen molar-refractivity contribution in [3.63, 3.8) is 0 Å². The SMILES string of the molecule is Cc1ccc(CC(Cl)(Cl)Cl)cc1C. The van der Waals surface area contributed by atoms with Gasteiger partial charge in [-0.05, 0) is 30.5 Å². The average Bonchev–Trinajstić information content (AvgIpc) is 1.94. The summed E-state index contributed by atoms with van der Waals surface area (Å²) in [4.78, 5) is 0. The molecule has 0 fully saturated rings. The molecular weight excluding hydrogens is 226 g/mol. The molecule has 0 spiro atoms. The molecule has 3 heteroatoms. The van der Waals surface area contributed by atoms with Crippen molar-refractivity contribution < 1.29 is 0 Å². The van der Waals surface area contributed by atoms with Gasteiger partial charge in [0, 0.05) is 6.42 Å². The van der Waals surface area contributed by atoms with E-state index in [0.29, 0.717) is 6.42 Å². The molecule has 0 aromatic heterocycles. The van der Waals surface area contributed by atoms with Crippen molar-refractivity contribution in [3.05, 3.63) is 34.9 Å². The number of alkyl halides is 3. The Labute approximate surface area is 93.8 Å². The molecule has 13 heavy (non-hydrogen) atoms. The first kappa shape index (κ1) is 11.2. The topological polar surface area (TPSA) is 0 Å². The first-order valence-corrected chi connectivity index (χ1v) is 5.15. The van der Waals surface area contributed by atoms with E-state index in [4.69, 9.17) is 34.8 Å². The van der Waals surface area contributed by atoms with E-state index in [1.165, 1.54) is 11.1 Å². The molecule has 0 unspecified atom stereocenters. The van der Waals surface area contributed by atoms with Crippen molar-refractivity contribution in [1.82, 2.24) is 0 Å². The van der Waals surface area contributed by atoms with Gasteiger partial charge in [0.25, 0.3) is 0 Å². The predicted octanol–water partition coefficient (Wildman–Crippen LogP) is 4.22. The highest BCUT2D eigenvalue weighted by Crippen LogP contribution is 2.30. The first-order valence-electron chi connectivity index (χ1n) is 4.01. The lowest BCUT2D eigenvalue weighted by atomic mass is 10.1. The molecule has 0 aliphatic rings. The molecule has 0 bridgehead atoms. The average molecular weight is 238 g/mol. The second-order valence-corrected chi connectivity index (χ2v) is 5.73. The molecule has 0 atom stereocenters. The lowest BCUT2D eigenvalue weighted by Crippen LogP contribution is -2.06. The van der Waals surface area contributed by atoms with Crippen LogP contribution in [0.4, 0.5) is 0 Å². The van der Waals surface area contributed by atoms with Crippen LogP contribution in [0, 0.1) is 13.8 Å². The Hall–Kier alpha value is 0.0900. The van der Waals surface area contributed by atoms with Crippen molar-refractivity contribution in [2.75, 3.05) is 0 Å². The van der Waals surface area contributed by atoms with Crippen molar-refractivity contribution >= 4 is 34.8 Å². The van der Waals surface area contributed by atoms with Crippen LogP contribution in [-0.2, 0) is 6.42 Å². The Kier molecular flexibility index (Phi) is 3.50. The minimum absolute atomic E-state index is 0.457. The second-order valence-electron chi connectivity index (χ2n) is 3.21. The van der Waals surface area contributed by atoms with Gasteiger partial charge < -0.3 is 0 Å². The molecule has 0 nitrogen and oxygen atoms in total. The number of rotatable bonds is 1. The maximum absolute atomic E-state index is 5.69. The zero-order valence-corrected chi connectivity index (χ0v) is 9.84. The van der Waals surface area contributed by atoms with Crippen LogP contribution >= 0.6 is 34.8 Å². The molecule has 0 heterocycles. The van der Waals surface area contributed by atoms with E-state index in [-0.39, 0.29) is 0 Å². The zero-order chi connectivity index (χ0) is 10.1. The van der Waals surface area contributed by atoms with Gasteiger partial charge >= 0.3 is 0 Å². The maximum Gasteiger partial charge on any atom is 0.194 e. The summed E-state index contributed by atoms with van der Waals surface area (Å²) >= 11 is 17.1. The monoisotopic (exact) mass is 236 g/mol. The van der Waals surface area contributed by atoms with Crippen LogP contribution < -0.4 is 0 Å². The molecule has 1 aromatic rings. The van der Waals surface area contributed by atoms with Gasteiger partial charge in [-0.25, -0.2) is 0 Å². The van der Waals surface area contributed by atoms with Gasteiger partial charge in [-0.3, -0.25) is 0 Å². The molecule has 72 valence electrons. The molecule has 0 aliphatic heterocycles. The number of aryl methyl sites for hydroxylation is 2. The van der Waals surface area contributed by atoms with Gasteiger partial charge in [-0.1, -0.05) is 53.0 Å². The third kappa shape index (κ3) is 3.76. The summed E-state index contributed by atoms with van der Waals surface area (Å²) in [5, 5.41) is 0. The van der Waals surface area contributed by atoms with Gasteiger partial charge in [0.05, 0.1) is 0 Å². The summed E-state index contributed by atoms with van der Waals surface area (Å²) in [6.45, 7) is 4.12. The van der Waals surface area contributed by atoms with Crippen molar-refractivity contribution in [2.24, 2.45) is 0 Å². The van der Waals surface area contributed by atoms with E-state index in [0.717, 1.165) is 5.56 Å². The molecule has 0 radical (unpaired) electrons. The molecular formula is C10H11Cl3. The lowest BCUT2D eigenvalue weighted by Gasteiger charge is -2.11. The zero-order valence-electron chi connectivity index (χ0n) is 7.57. The van der Waals surface area contributed by atoms with E-state index in [1.807, 2.05) is 12.1 Å². The lowest BCUT2D eigenvalue weighted by molar-refractivity contribution is 1.01. The smallest absolute Gasteiger partial charge is 0.0833 e. The Morgan fingerprint density at radius 3 is 2.15 bits per heavy atom. The summed E-state index contributed by atoms with van der Waals surface area (Å²) in [5.74, 6) is 0. The highest BCUT2D eigenvalue weighted by atomic mass is 35.6. The van der Waals surface area contributed by atoms with Gasteiger partial charge in [0.15, 0.2) is 3.79 Å². The van der Waals surface area contributed by atoms with E-state index in [9.17, 15) is 0 Å². The third-order valence-electron chi connectivity index (χ3n) is 1.98. The molecule has 0 saturated heterocycles. The van der Waals surface area contributed by atoms with Crippen LogP contribution in [-0.4, -0.2) is 3.79 Å². The molecule has 0 saturated carbocycles. The van der Waals surface area contributed by atoms with E-state index in [1.54, 1.807) is 0 Å². The summed E-state index contributed by atoms with van der Waals surface area (Å²) in [6.07, 6.45) is 0.457. The third-order valence-corrected chi connectivity index (χ3v) is 2.38. The van der Waals surface area contributed by atoms with Gasteiger partial charge in [-0.15, -0.1) is 0 Å². The fraction of sp³-hybridized carbons (Fsp3) is 0.400. The summed E-state index contributed by atoms with van der Waals surface area (Å²) < 4.78 is -1.19. The second kappa shape index (κ2) is 4.08. The van der Waals surface area contributed by atoms with Crippen LogP contribution in [0.1, 0.15) is 16.7 Å². The Morgan fingerprint density at radius 1 is 1.08 bits per heavy atom. The largest absolute Gasteiger partial charge is 0.194 e. The van der Waals surface area contributed by atoms with Crippen molar-refractivity contribution in [3.8, 4) is 0 Å². The van der Waals surface area contributed by atoms with Crippen molar-refractivity contribution in [2.45, 2.75) is 24.1 Å². The normalized spacial score (nSPS) is 11.8. The van der Waals surface area contributed by atoms with Crippen LogP contribution in [0.15, 0.2) is 18.2 Å². The number of hydrogen-bond donors (Lipinski definition) is 0. The maximum atomic E-state index is 5.69. The highest BCUT2D eigenvalue weighted by molar-refractivity contribution is 6.67. The number of benzene rings is 1. The fourth-order valence-corrected chi connectivity index (χ4v) is 1.61. The van der Waals surface area contributed by atoms with Gasteiger partial charge in [-0.2, -0.15) is 0 Å². The van der Waals surface area contributed by atoms with Crippen molar-refractivity contribution in [1.29, 1.82) is 0 Å². The van der Waals surface area contributed by atoms with E-state index < -0.39 is 3.79 Å². The summed E-state index contributed by atoms with van der Waals surface area (Å²) in [5.41, 5.74) is 3.54. The minimum atomic E-state index is -1.19. The van der Waals surface area contributed by atoms with Crippen LogP contribution in [0.5, 0.6) is 0 Å². The van der Waals surface area contributed by atoms with Crippen LogP contribution in [0.2, 0.25) is 0 Å². The molecule has 0 amide bonds. The van der Waals surface area contributed by atoms with E-state index in [2.05, 4.69) is 19.9 Å². The fourth-order valence-electron chi connectivity index (χ4n) is 1.14.